The van der Waals surface area contributed by atoms with Crippen molar-refractivity contribution < 1.29 is 4.39 Å². The first-order valence-corrected chi connectivity index (χ1v) is 6.44. The van der Waals surface area contributed by atoms with Gasteiger partial charge in [-0.15, -0.1) is 0 Å². The maximum atomic E-state index is 13.5. The topological polar surface area (TPSA) is 0 Å². The third kappa shape index (κ3) is 2.79. The number of rotatable bonds is 3. The van der Waals surface area contributed by atoms with Gasteiger partial charge in [-0.2, -0.15) is 0 Å². The maximum Gasteiger partial charge on any atom is 0.123 e. The molecule has 2 aromatic carbocycles. The highest BCUT2D eigenvalue weighted by Crippen LogP contribution is 2.29. The average molecular weight is 242 g/mol. The molecule has 2 aromatic rings. The van der Waals surface area contributed by atoms with Crippen molar-refractivity contribution in [2.45, 2.75) is 33.1 Å². The van der Waals surface area contributed by atoms with E-state index in [1.807, 2.05) is 6.92 Å². The molecular weight excluding hydrogens is 223 g/mol. The monoisotopic (exact) mass is 242 g/mol. The molecule has 0 N–H and O–H groups in total. The predicted molar refractivity (Wildman–Crippen MR) is 74.5 cm³/mol. The molecule has 1 heteroatoms. The van der Waals surface area contributed by atoms with Gasteiger partial charge >= 0.3 is 0 Å². The van der Waals surface area contributed by atoms with E-state index in [0.717, 1.165) is 17.5 Å². The predicted octanol–water partition coefficient (Wildman–Crippen LogP) is 4.98. The van der Waals surface area contributed by atoms with Gasteiger partial charge in [-0.25, -0.2) is 4.39 Å². The van der Waals surface area contributed by atoms with Gasteiger partial charge in [-0.05, 0) is 49.1 Å². The van der Waals surface area contributed by atoms with Gasteiger partial charge in [0.05, 0.1) is 0 Å². The molecule has 2 rings (SSSR count). The Bertz CT molecular complexity index is 523. The van der Waals surface area contributed by atoms with Crippen LogP contribution in [-0.2, 0) is 0 Å². The largest absolute Gasteiger partial charge is 0.207 e. The molecule has 94 valence electrons. The minimum Gasteiger partial charge on any atom is -0.207 e. The van der Waals surface area contributed by atoms with Crippen molar-refractivity contribution in [1.29, 1.82) is 0 Å². The second-order valence-corrected chi connectivity index (χ2v) is 4.94. The lowest BCUT2D eigenvalue weighted by molar-refractivity contribution is 0.620. The third-order valence-corrected chi connectivity index (χ3v) is 3.32. The Morgan fingerprint density at radius 3 is 2.28 bits per heavy atom. The van der Waals surface area contributed by atoms with Gasteiger partial charge in [0.2, 0.25) is 0 Å². The molecule has 0 heterocycles. The van der Waals surface area contributed by atoms with Crippen LogP contribution in [0.5, 0.6) is 0 Å². The molecule has 18 heavy (non-hydrogen) atoms. The number of aryl methyl sites for hydroxylation is 2. The van der Waals surface area contributed by atoms with E-state index in [1.165, 1.54) is 11.1 Å². The van der Waals surface area contributed by atoms with Crippen molar-refractivity contribution in [1.82, 2.24) is 0 Å². The van der Waals surface area contributed by atoms with Crippen LogP contribution in [0.25, 0.3) is 0 Å². The van der Waals surface area contributed by atoms with E-state index in [4.69, 9.17) is 0 Å². The van der Waals surface area contributed by atoms with Gasteiger partial charge in [-0.3, -0.25) is 0 Å². The summed E-state index contributed by atoms with van der Waals surface area (Å²) in [6.07, 6.45) is 0.979. The quantitative estimate of drug-likeness (QED) is 0.711. The molecule has 0 radical (unpaired) electrons. The summed E-state index contributed by atoms with van der Waals surface area (Å²) in [6, 6.07) is 13.8. The van der Waals surface area contributed by atoms with Crippen LogP contribution in [0, 0.1) is 19.7 Å². The molecule has 0 aliphatic rings. The summed E-state index contributed by atoms with van der Waals surface area (Å²) in [4.78, 5) is 0. The van der Waals surface area contributed by atoms with Gasteiger partial charge in [0.15, 0.2) is 0 Å². The van der Waals surface area contributed by atoms with Crippen LogP contribution in [0.4, 0.5) is 4.39 Å². The van der Waals surface area contributed by atoms with E-state index >= 15 is 0 Å². The van der Waals surface area contributed by atoms with Gasteiger partial charge < -0.3 is 0 Å². The summed E-state index contributed by atoms with van der Waals surface area (Å²) in [5.74, 6) is 0.135. The summed E-state index contributed by atoms with van der Waals surface area (Å²) in [7, 11) is 0. The summed E-state index contributed by atoms with van der Waals surface area (Å²) in [5.41, 5.74) is 4.57. The standard InChI is InChI=1S/C17H19F/c1-4-17(14-7-5-6-12(2)8-14)15-9-13(3)10-16(18)11-15/h5-11,17H,4H2,1-3H3. The summed E-state index contributed by atoms with van der Waals surface area (Å²) < 4.78 is 13.5. The first-order valence-electron chi connectivity index (χ1n) is 6.44. The Morgan fingerprint density at radius 1 is 0.944 bits per heavy atom. The highest BCUT2D eigenvalue weighted by molar-refractivity contribution is 5.36. The van der Waals surface area contributed by atoms with E-state index in [1.54, 1.807) is 12.1 Å². The van der Waals surface area contributed by atoms with E-state index in [0.29, 0.717) is 0 Å². The number of halogens is 1. The highest BCUT2D eigenvalue weighted by Gasteiger charge is 2.13. The molecule has 0 aliphatic carbocycles. The molecule has 0 aromatic heterocycles. The van der Waals surface area contributed by atoms with Crippen LogP contribution < -0.4 is 0 Å². The third-order valence-electron chi connectivity index (χ3n) is 3.32. The molecule has 1 unspecified atom stereocenters. The molecule has 0 bridgehead atoms. The number of hydrogen-bond acceptors (Lipinski definition) is 0. The fraction of sp³-hybridized carbons (Fsp3) is 0.294. The fourth-order valence-corrected chi connectivity index (χ4v) is 2.52. The van der Waals surface area contributed by atoms with Crippen molar-refractivity contribution in [3.8, 4) is 0 Å². The zero-order chi connectivity index (χ0) is 13.1. The van der Waals surface area contributed by atoms with Gasteiger partial charge in [0.25, 0.3) is 0 Å². The van der Waals surface area contributed by atoms with Gasteiger partial charge in [-0.1, -0.05) is 42.8 Å². The van der Waals surface area contributed by atoms with Crippen molar-refractivity contribution in [3.05, 3.63) is 70.5 Å². The zero-order valence-corrected chi connectivity index (χ0v) is 11.2. The van der Waals surface area contributed by atoms with Crippen LogP contribution >= 0.6 is 0 Å². The van der Waals surface area contributed by atoms with Crippen LogP contribution in [0.15, 0.2) is 42.5 Å². The van der Waals surface area contributed by atoms with E-state index in [-0.39, 0.29) is 11.7 Å². The molecule has 0 nitrogen and oxygen atoms in total. The van der Waals surface area contributed by atoms with Crippen molar-refractivity contribution >= 4 is 0 Å². The van der Waals surface area contributed by atoms with Crippen LogP contribution in [0.1, 0.15) is 41.5 Å². The van der Waals surface area contributed by atoms with Crippen molar-refractivity contribution in [3.63, 3.8) is 0 Å². The lowest BCUT2D eigenvalue weighted by Gasteiger charge is -2.17. The second kappa shape index (κ2) is 5.34. The average Bonchev–Trinajstić information content (AvgIpc) is 2.28. The second-order valence-electron chi connectivity index (χ2n) is 4.94. The molecule has 0 saturated heterocycles. The summed E-state index contributed by atoms with van der Waals surface area (Å²) in [6.45, 7) is 6.18. The fourth-order valence-electron chi connectivity index (χ4n) is 2.52. The van der Waals surface area contributed by atoms with Crippen LogP contribution in [0.2, 0.25) is 0 Å². The number of hydrogen-bond donors (Lipinski definition) is 0. The molecular formula is C17H19F. The molecule has 0 amide bonds. The minimum absolute atomic E-state index is 0.142. The first kappa shape index (κ1) is 12.8. The SMILES string of the molecule is CCC(c1cccc(C)c1)c1cc(C)cc(F)c1. The zero-order valence-electron chi connectivity index (χ0n) is 11.2. The first-order chi connectivity index (χ1) is 8.60. The molecule has 0 spiro atoms. The lowest BCUT2D eigenvalue weighted by atomic mass is 9.88. The van der Waals surface area contributed by atoms with Crippen molar-refractivity contribution in [2.75, 3.05) is 0 Å². The Hall–Kier alpha value is -1.63. The van der Waals surface area contributed by atoms with Crippen LogP contribution in [0.3, 0.4) is 0 Å². The molecule has 0 fully saturated rings. The Morgan fingerprint density at radius 2 is 1.67 bits per heavy atom. The van der Waals surface area contributed by atoms with E-state index < -0.39 is 0 Å². The highest BCUT2D eigenvalue weighted by atomic mass is 19.1. The molecule has 0 saturated carbocycles. The van der Waals surface area contributed by atoms with Crippen molar-refractivity contribution in [2.24, 2.45) is 0 Å². The Kier molecular flexibility index (Phi) is 3.81. The molecule has 0 aliphatic heterocycles. The minimum atomic E-state index is -0.142. The van der Waals surface area contributed by atoms with Crippen LogP contribution in [-0.4, -0.2) is 0 Å². The number of benzene rings is 2. The van der Waals surface area contributed by atoms with Gasteiger partial charge in [0.1, 0.15) is 5.82 Å². The lowest BCUT2D eigenvalue weighted by Crippen LogP contribution is -2.01. The smallest absolute Gasteiger partial charge is 0.123 e. The maximum absolute atomic E-state index is 13.5. The Balaban J connectivity index is 2.45. The van der Waals surface area contributed by atoms with E-state index in [9.17, 15) is 4.39 Å². The summed E-state index contributed by atoms with van der Waals surface area (Å²) in [5, 5.41) is 0. The summed E-state index contributed by atoms with van der Waals surface area (Å²) >= 11 is 0. The van der Waals surface area contributed by atoms with Gasteiger partial charge in [0, 0.05) is 5.92 Å². The Labute approximate surface area is 108 Å². The molecule has 1 atom stereocenters. The normalized spacial score (nSPS) is 12.4. The van der Waals surface area contributed by atoms with E-state index in [2.05, 4.69) is 44.2 Å².